The molecule has 2 rings (SSSR count). The summed E-state index contributed by atoms with van der Waals surface area (Å²) in [6, 6.07) is 6.83. The van der Waals surface area contributed by atoms with E-state index in [1.807, 2.05) is 4.90 Å². The lowest BCUT2D eigenvalue weighted by Gasteiger charge is -2.22. The Hall–Kier alpha value is -2.28. The van der Waals surface area contributed by atoms with E-state index in [9.17, 15) is 14.4 Å². The molecule has 1 aliphatic rings. The molecule has 0 spiro atoms. The molecule has 8 heteroatoms. The van der Waals surface area contributed by atoms with E-state index in [1.54, 1.807) is 29.2 Å². The Labute approximate surface area is 171 Å². The van der Waals surface area contributed by atoms with Crippen molar-refractivity contribution in [1.29, 1.82) is 0 Å². The number of unbranched alkanes of at least 4 members (excludes halogenated alkanes) is 2. The van der Waals surface area contributed by atoms with Crippen LogP contribution in [0.1, 0.15) is 39.0 Å². The van der Waals surface area contributed by atoms with E-state index in [1.165, 1.54) is 6.92 Å². The zero-order valence-corrected chi connectivity index (χ0v) is 17.1. The minimum Gasteiger partial charge on any atom is -0.356 e. The van der Waals surface area contributed by atoms with Crippen LogP contribution in [-0.4, -0.2) is 60.4 Å². The summed E-state index contributed by atoms with van der Waals surface area (Å²) in [5.74, 6) is 0.116. The van der Waals surface area contributed by atoms with Gasteiger partial charge in [0.25, 0.3) is 0 Å². The van der Waals surface area contributed by atoms with E-state index in [4.69, 9.17) is 11.6 Å². The molecule has 1 aliphatic heterocycles. The van der Waals surface area contributed by atoms with Gasteiger partial charge in [0.1, 0.15) is 0 Å². The lowest BCUT2D eigenvalue weighted by Crippen LogP contribution is -2.39. The Morgan fingerprint density at radius 2 is 1.64 bits per heavy atom. The monoisotopic (exact) mass is 408 g/mol. The van der Waals surface area contributed by atoms with E-state index in [0.29, 0.717) is 49.9 Å². The number of hydrogen-bond acceptors (Lipinski definition) is 3. The van der Waals surface area contributed by atoms with Gasteiger partial charge in [-0.05, 0) is 43.5 Å². The molecule has 1 aromatic rings. The molecule has 0 atom stereocenters. The Balaban J connectivity index is 1.70. The predicted octanol–water partition coefficient (Wildman–Crippen LogP) is 3.10. The van der Waals surface area contributed by atoms with Gasteiger partial charge in [-0.2, -0.15) is 0 Å². The number of amides is 4. The molecular weight excluding hydrogens is 380 g/mol. The van der Waals surface area contributed by atoms with Gasteiger partial charge in [0.15, 0.2) is 0 Å². The van der Waals surface area contributed by atoms with Crippen molar-refractivity contribution < 1.29 is 14.4 Å². The summed E-state index contributed by atoms with van der Waals surface area (Å²) in [7, 11) is 0. The molecule has 2 N–H and O–H groups in total. The number of nitrogens with one attached hydrogen (secondary N) is 2. The fourth-order valence-corrected chi connectivity index (χ4v) is 3.23. The minimum atomic E-state index is -0.158. The molecule has 0 bridgehead atoms. The summed E-state index contributed by atoms with van der Waals surface area (Å²) in [5.41, 5.74) is 0.700. The largest absolute Gasteiger partial charge is 0.356 e. The molecule has 0 radical (unpaired) electrons. The SMILES string of the molecule is CC(=O)NCCCCCC(=O)N1CCCN(C(=O)Nc2ccc(Cl)cc2)CC1. The second-order valence-electron chi connectivity index (χ2n) is 6.95. The smallest absolute Gasteiger partial charge is 0.321 e. The molecule has 7 nitrogen and oxygen atoms in total. The van der Waals surface area contributed by atoms with Crippen molar-refractivity contribution in [1.82, 2.24) is 15.1 Å². The highest BCUT2D eigenvalue weighted by atomic mass is 35.5. The average Bonchev–Trinajstić information content (AvgIpc) is 2.92. The number of urea groups is 1. The fourth-order valence-electron chi connectivity index (χ4n) is 3.11. The molecule has 0 aliphatic carbocycles. The maximum absolute atomic E-state index is 12.5. The van der Waals surface area contributed by atoms with Crippen molar-refractivity contribution in [2.24, 2.45) is 0 Å². The number of carbonyl (C=O) groups excluding carboxylic acids is 3. The highest BCUT2D eigenvalue weighted by molar-refractivity contribution is 6.30. The van der Waals surface area contributed by atoms with E-state index >= 15 is 0 Å². The molecule has 154 valence electrons. The molecule has 1 heterocycles. The predicted molar refractivity (Wildman–Crippen MR) is 110 cm³/mol. The van der Waals surface area contributed by atoms with E-state index in [-0.39, 0.29) is 17.8 Å². The topological polar surface area (TPSA) is 81.8 Å². The third-order valence-electron chi connectivity index (χ3n) is 4.67. The Morgan fingerprint density at radius 3 is 2.36 bits per heavy atom. The lowest BCUT2D eigenvalue weighted by atomic mass is 10.1. The first-order valence-electron chi connectivity index (χ1n) is 9.79. The van der Waals surface area contributed by atoms with Gasteiger partial charge >= 0.3 is 6.03 Å². The van der Waals surface area contributed by atoms with Gasteiger partial charge in [0, 0.05) is 56.8 Å². The summed E-state index contributed by atoms with van der Waals surface area (Å²) in [4.78, 5) is 39.3. The molecule has 28 heavy (non-hydrogen) atoms. The molecule has 0 unspecified atom stereocenters. The maximum atomic E-state index is 12.5. The standard InChI is InChI=1S/C20H29ClN4O3/c1-16(26)22-11-4-2-3-6-19(27)24-12-5-13-25(15-14-24)20(28)23-18-9-7-17(21)8-10-18/h7-10H,2-6,11-15H2,1H3,(H,22,26)(H,23,28). The Morgan fingerprint density at radius 1 is 0.964 bits per heavy atom. The number of anilines is 1. The quantitative estimate of drug-likeness (QED) is 0.680. The number of carbonyl (C=O) groups is 3. The molecule has 1 saturated heterocycles. The number of hydrogen-bond donors (Lipinski definition) is 2. The first-order valence-corrected chi connectivity index (χ1v) is 10.2. The van der Waals surface area contributed by atoms with Crippen LogP contribution in [0.5, 0.6) is 0 Å². The molecule has 0 aromatic heterocycles. The van der Waals surface area contributed by atoms with Crippen LogP contribution < -0.4 is 10.6 Å². The highest BCUT2D eigenvalue weighted by Gasteiger charge is 2.21. The summed E-state index contributed by atoms with van der Waals surface area (Å²) in [6.45, 7) is 4.54. The second-order valence-corrected chi connectivity index (χ2v) is 7.39. The number of nitrogens with zero attached hydrogens (tertiary/aromatic N) is 2. The second kappa shape index (κ2) is 11.5. The van der Waals surface area contributed by atoms with Crippen LogP contribution in [0.4, 0.5) is 10.5 Å². The van der Waals surface area contributed by atoms with Crippen LogP contribution in [0, 0.1) is 0 Å². The summed E-state index contributed by atoms with van der Waals surface area (Å²) in [6.07, 6.45) is 3.88. The van der Waals surface area contributed by atoms with Crippen LogP contribution in [0.3, 0.4) is 0 Å². The van der Waals surface area contributed by atoms with Crippen molar-refractivity contribution in [3.05, 3.63) is 29.3 Å². The maximum Gasteiger partial charge on any atom is 0.321 e. The normalized spacial score (nSPS) is 14.4. The third-order valence-corrected chi connectivity index (χ3v) is 4.92. The highest BCUT2D eigenvalue weighted by Crippen LogP contribution is 2.15. The van der Waals surface area contributed by atoms with Crippen LogP contribution in [0.15, 0.2) is 24.3 Å². The first-order chi connectivity index (χ1) is 13.5. The van der Waals surface area contributed by atoms with Crippen LogP contribution in [0.2, 0.25) is 5.02 Å². The zero-order chi connectivity index (χ0) is 20.4. The molecule has 0 saturated carbocycles. The zero-order valence-electron chi connectivity index (χ0n) is 16.4. The molecule has 1 fully saturated rings. The molecular formula is C20H29ClN4O3. The van der Waals surface area contributed by atoms with Gasteiger partial charge in [-0.25, -0.2) is 4.79 Å². The van der Waals surface area contributed by atoms with Crippen LogP contribution in [-0.2, 0) is 9.59 Å². The van der Waals surface area contributed by atoms with Crippen molar-refractivity contribution in [3.63, 3.8) is 0 Å². The van der Waals surface area contributed by atoms with Gasteiger partial charge < -0.3 is 20.4 Å². The van der Waals surface area contributed by atoms with Gasteiger partial charge in [0.2, 0.25) is 11.8 Å². The molecule has 1 aromatic carbocycles. The van der Waals surface area contributed by atoms with Crippen LogP contribution in [0.25, 0.3) is 0 Å². The first kappa shape index (κ1) is 22.0. The van der Waals surface area contributed by atoms with Crippen molar-refractivity contribution in [3.8, 4) is 0 Å². The summed E-state index contributed by atoms with van der Waals surface area (Å²) < 4.78 is 0. The average molecular weight is 409 g/mol. The van der Waals surface area contributed by atoms with E-state index < -0.39 is 0 Å². The summed E-state index contributed by atoms with van der Waals surface area (Å²) in [5, 5.41) is 6.25. The van der Waals surface area contributed by atoms with E-state index in [0.717, 1.165) is 25.7 Å². The number of halogens is 1. The van der Waals surface area contributed by atoms with Gasteiger partial charge in [-0.3, -0.25) is 9.59 Å². The third kappa shape index (κ3) is 7.76. The van der Waals surface area contributed by atoms with E-state index in [2.05, 4.69) is 10.6 Å². The van der Waals surface area contributed by atoms with Gasteiger partial charge in [-0.1, -0.05) is 18.0 Å². The molecule has 4 amide bonds. The Kier molecular flexibility index (Phi) is 9.07. The van der Waals surface area contributed by atoms with Gasteiger partial charge in [-0.15, -0.1) is 0 Å². The Bertz CT molecular complexity index is 666. The minimum absolute atomic E-state index is 0.0229. The van der Waals surface area contributed by atoms with Gasteiger partial charge in [0.05, 0.1) is 0 Å². The van der Waals surface area contributed by atoms with Crippen molar-refractivity contribution in [2.45, 2.75) is 39.0 Å². The summed E-state index contributed by atoms with van der Waals surface area (Å²) >= 11 is 5.86. The number of rotatable bonds is 7. The number of benzene rings is 1. The van der Waals surface area contributed by atoms with Crippen molar-refractivity contribution >= 4 is 35.1 Å². The van der Waals surface area contributed by atoms with Crippen molar-refractivity contribution in [2.75, 3.05) is 38.0 Å². The lowest BCUT2D eigenvalue weighted by molar-refractivity contribution is -0.131. The van der Waals surface area contributed by atoms with Crippen LogP contribution >= 0.6 is 11.6 Å². The fraction of sp³-hybridized carbons (Fsp3) is 0.550.